The van der Waals surface area contributed by atoms with Crippen LogP contribution in [0.1, 0.15) is 23.2 Å². The van der Waals surface area contributed by atoms with E-state index in [-0.39, 0.29) is 31.3 Å². The molecule has 1 N–H and O–H groups in total. The van der Waals surface area contributed by atoms with Gasteiger partial charge in [0, 0.05) is 26.6 Å². The first-order valence-corrected chi connectivity index (χ1v) is 8.52. The van der Waals surface area contributed by atoms with E-state index in [1.165, 1.54) is 7.11 Å². The van der Waals surface area contributed by atoms with Crippen molar-refractivity contribution >= 4 is 23.5 Å². The molecule has 0 radical (unpaired) electrons. The zero-order valence-electron chi connectivity index (χ0n) is 14.9. The van der Waals surface area contributed by atoms with Crippen LogP contribution in [0.3, 0.4) is 0 Å². The molecule has 2 rings (SSSR count). The Morgan fingerprint density at radius 3 is 2.58 bits per heavy atom. The van der Waals surface area contributed by atoms with Crippen LogP contribution >= 0.6 is 0 Å². The van der Waals surface area contributed by atoms with Crippen LogP contribution in [0.5, 0.6) is 0 Å². The van der Waals surface area contributed by atoms with Gasteiger partial charge in [0.25, 0.3) is 5.91 Å². The number of para-hydroxylation sites is 1. The second-order valence-corrected chi connectivity index (χ2v) is 5.71. The minimum Gasteiger partial charge on any atom is -0.463 e. The van der Waals surface area contributed by atoms with Gasteiger partial charge in [0.2, 0.25) is 5.91 Å². The number of hydrogen-bond donors (Lipinski definition) is 1. The van der Waals surface area contributed by atoms with E-state index in [9.17, 15) is 14.4 Å². The molecular weight excluding hydrogens is 340 g/mol. The van der Waals surface area contributed by atoms with Gasteiger partial charge in [-0.15, -0.1) is 0 Å². The number of amides is 2. The van der Waals surface area contributed by atoms with E-state index < -0.39 is 5.97 Å². The van der Waals surface area contributed by atoms with Gasteiger partial charge < -0.3 is 24.4 Å². The van der Waals surface area contributed by atoms with Crippen LogP contribution in [0.15, 0.2) is 24.3 Å². The average molecular weight is 364 g/mol. The summed E-state index contributed by atoms with van der Waals surface area (Å²) in [6.07, 6.45) is -0.0545. The van der Waals surface area contributed by atoms with Gasteiger partial charge in [0.15, 0.2) is 0 Å². The molecule has 0 unspecified atom stereocenters. The molecule has 8 nitrogen and oxygen atoms in total. The van der Waals surface area contributed by atoms with Crippen molar-refractivity contribution in [2.75, 3.05) is 51.9 Å². The lowest BCUT2D eigenvalue weighted by molar-refractivity contribution is -0.145. The number of morpholine rings is 1. The Labute approximate surface area is 152 Å². The smallest absolute Gasteiger partial charge is 0.306 e. The van der Waals surface area contributed by atoms with Crippen LogP contribution in [-0.4, -0.2) is 69.3 Å². The molecule has 0 aromatic heterocycles. The maximum Gasteiger partial charge on any atom is 0.306 e. The second-order valence-electron chi connectivity index (χ2n) is 5.71. The molecule has 1 saturated heterocycles. The summed E-state index contributed by atoms with van der Waals surface area (Å²) in [5.74, 6) is -0.964. The molecule has 1 aromatic carbocycles. The number of hydrogen-bond acceptors (Lipinski definition) is 6. The number of methoxy groups -OCH3 is 1. The van der Waals surface area contributed by atoms with Crippen molar-refractivity contribution in [1.29, 1.82) is 0 Å². The largest absolute Gasteiger partial charge is 0.463 e. The topological polar surface area (TPSA) is 94.2 Å². The number of esters is 1. The Hall–Kier alpha value is -2.45. The van der Waals surface area contributed by atoms with Crippen molar-refractivity contribution in [2.45, 2.75) is 12.8 Å². The van der Waals surface area contributed by atoms with Crippen LogP contribution in [0.2, 0.25) is 0 Å². The lowest BCUT2D eigenvalue weighted by atomic mass is 10.1. The molecule has 0 saturated carbocycles. The number of carbonyl (C=O) groups excluding carboxylic acids is 3. The molecule has 1 heterocycles. The van der Waals surface area contributed by atoms with E-state index in [1.807, 2.05) is 0 Å². The molecule has 1 aliphatic rings. The Kier molecular flexibility index (Phi) is 8.04. The highest BCUT2D eigenvalue weighted by Crippen LogP contribution is 2.18. The van der Waals surface area contributed by atoms with Crippen LogP contribution in [-0.2, 0) is 23.8 Å². The van der Waals surface area contributed by atoms with Crippen molar-refractivity contribution in [3.05, 3.63) is 29.8 Å². The van der Waals surface area contributed by atoms with Crippen LogP contribution < -0.4 is 5.32 Å². The SMILES string of the molecule is COCCOC(=O)CCC(=O)Nc1ccccc1C(=O)N1CCOCC1. The molecule has 0 bridgehead atoms. The minimum atomic E-state index is -0.463. The standard InChI is InChI=1S/C18H24N2O6/c1-24-12-13-26-17(22)7-6-16(21)19-15-5-3-2-4-14(15)18(23)20-8-10-25-11-9-20/h2-5H,6-13H2,1H3,(H,19,21). The van der Waals surface area contributed by atoms with E-state index >= 15 is 0 Å². The van der Waals surface area contributed by atoms with Gasteiger partial charge in [-0.2, -0.15) is 0 Å². The summed E-state index contributed by atoms with van der Waals surface area (Å²) in [6.45, 7) is 2.53. The zero-order chi connectivity index (χ0) is 18.8. The van der Waals surface area contributed by atoms with Gasteiger partial charge in [-0.1, -0.05) is 12.1 Å². The normalized spacial score (nSPS) is 14.0. The third kappa shape index (κ3) is 6.12. The van der Waals surface area contributed by atoms with Gasteiger partial charge in [-0.25, -0.2) is 0 Å². The van der Waals surface area contributed by atoms with Crippen molar-refractivity contribution in [3.63, 3.8) is 0 Å². The summed E-state index contributed by atoms with van der Waals surface area (Å²) in [7, 11) is 1.51. The molecule has 1 aromatic rings. The predicted molar refractivity (Wildman–Crippen MR) is 93.9 cm³/mol. The number of benzene rings is 1. The third-order valence-corrected chi connectivity index (χ3v) is 3.84. The summed E-state index contributed by atoms with van der Waals surface area (Å²) in [6, 6.07) is 6.83. The van der Waals surface area contributed by atoms with E-state index in [0.717, 1.165) is 0 Å². The fraction of sp³-hybridized carbons (Fsp3) is 0.500. The maximum atomic E-state index is 12.6. The Balaban J connectivity index is 1.89. The van der Waals surface area contributed by atoms with E-state index in [2.05, 4.69) is 5.32 Å². The fourth-order valence-corrected chi connectivity index (χ4v) is 2.45. The minimum absolute atomic E-state index is 0.0219. The first-order chi connectivity index (χ1) is 12.6. The summed E-state index contributed by atoms with van der Waals surface area (Å²) in [5, 5.41) is 2.70. The van der Waals surface area contributed by atoms with Crippen molar-refractivity contribution in [2.24, 2.45) is 0 Å². The average Bonchev–Trinajstić information content (AvgIpc) is 2.67. The number of anilines is 1. The highest BCUT2D eigenvalue weighted by molar-refractivity contribution is 6.04. The van der Waals surface area contributed by atoms with Crippen molar-refractivity contribution in [1.82, 2.24) is 4.90 Å². The molecule has 8 heteroatoms. The number of carbonyl (C=O) groups is 3. The van der Waals surface area contributed by atoms with Gasteiger partial charge in [0.1, 0.15) is 6.61 Å². The zero-order valence-corrected chi connectivity index (χ0v) is 14.9. The molecule has 142 valence electrons. The highest BCUT2D eigenvalue weighted by atomic mass is 16.6. The second kappa shape index (κ2) is 10.5. The van der Waals surface area contributed by atoms with Crippen molar-refractivity contribution < 1.29 is 28.6 Å². The molecule has 0 aliphatic carbocycles. The monoisotopic (exact) mass is 364 g/mol. The van der Waals surface area contributed by atoms with E-state index in [0.29, 0.717) is 44.2 Å². The first-order valence-electron chi connectivity index (χ1n) is 8.52. The number of nitrogens with zero attached hydrogens (tertiary/aromatic N) is 1. The number of nitrogens with one attached hydrogen (secondary N) is 1. The van der Waals surface area contributed by atoms with Crippen LogP contribution in [0.25, 0.3) is 0 Å². The highest BCUT2D eigenvalue weighted by Gasteiger charge is 2.21. The van der Waals surface area contributed by atoms with Crippen LogP contribution in [0.4, 0.5) is 5.69 Å². The number of rotatable bonds is 8. The fourth-order valence-electron chi connectivity index (χ4n) is 2.45. The first kappa shape index (κ1) is 19.9. The van der Waals surface area contributed by atoms with E-state index in [1.54, 1.807) is 29.2 Å². The van der Waals surface area contributed by atoms with Gasteiger partial charge in [-0.3, -0.25) is 14.4 Å². The van der Waals surface area contributed by atoms with Gasteiger partial charge in [-0.05, 0) is 12.1 Å². The van der Waals surface area contributed by atoms with Crippen molar-refractivity contribution in [3.8, 4) is 0 Å². The molecule has 0 atom stereocenters. The summed E-state index contributed by atoms with van der Waals surface area (Å²) in [4.78, 5) is 38.0. The number of ether oxygens (including phenoxy) is 3. The Morgan fingerprint density at radius 1 is 1.12 bits per heavy atom. The molecule has 1 fully saturated rings. The molecule has 1 aliphatic heterocycles. The van der Waals surface area contributed by atoms with E-state index in [4.69, 9.17) is 14.2 Å². The van der Waals surface area contributed by atoms with Gasteiger partial charge in [0.05, 0.1) is 37.5 Å². The van der Waals surface area contributed by atoms with Gasteiger partial charge >= 0.3 is 5.97 Å². The lowest BCUT2D eigenvalue weighted by Crippen LogP contribution is -2.41. The maximum absolute atomic E-state index is 12.6. The quantitative estimate of drug-likeness (QED) is 0.548. The Morgan fingerprint density at radius 2 is 1.85 bits per heavy atom. The molecule has 0 spiro atoms. The molecule has 2 amide bonds. The summed E-state index contributed by atoms with van der Waals surface area (Å²) >= 11 is 0. The summed E-state index contributed by atoms with van der Waals surface area (Å²) < 4.78 is 14.9. The third-order valence-electron chi connectivity index (χ3n) is 3.84. The predicted octanol–water partition coefficient (Wildman–Crippen LogP) is 1.07. The Bertz CT molecular complexity index is 628. The molecular formula is C18H24N2O6. The van der Waals surface area contributed by atoms with Crippen LogP contribution in [0, 0.1) is 0 Å². The summed E-state index contributed by atoms with van der Waals surface area (Å²) in [5.41, 5.74) is 0.854. The lowest BCUT2D eigenvalue weighted by Gasteiger charge is -2.27. The molecule has 26 heavy (non-hydrogen) atoms.